The minimum atomic E-state index is -0.390. The Labute approximate surface area is 198 Å². The summed E-state index contributed by atoms with van der Waals surface area (Å²) in [5, 5.41) is 9.07. The molecule has 1 N–H and O–H groups in total. The molecule has 2 fully saturated rings. The Morgan fingerprint density at radius 1 is 1.26 bits per heavy atom. The Kier molecular flexibility index (Phi) is 4.99. The maximum absolute atomic E-state index is 12.7. The van der Waals surface area contributed by atoms with Gasteiger partial charge in [-0.3, -0.25) is 4.79 Å². The number of nitrogens with one attached hydrogen (secondary N) is 1. The first-order valence-electron chi connectivity index (χ1n) is 12.3. The van der Waals surface area contributed by atoms with Crippen LogP contribution >= 0.6 is 0 Å². The van der Waals surface area contributed by atoms with Gasteiger partial charge >= 0.3 is 5.97 Å². The van der Waals surface area contributed by atoms with Gasteiger partial charge in [0.1, 0.15) is 5.56 Å². The SMILES string of the molecule is CCOC(=O)c1cnn(-c2cc(=O)n(C)c3ccccc23)c1CNC[C@@H]1C[C@H]2C=C[C@H]1C21CC1. The minimum absolute atomic E-state index is 0.121. The largest absolute Gasteiger partial charge is 0.462 e. The molecular formula is C27H30N4O3. The number of hydrogen-bond donors (Lipinski definition) is 1. The van der Waals surface area contributed by atoms with Gasteiger partial charge in [-0.15, -0.1) is 0 Å². The number of carbonyl (C=O) groups is 1. The lowest BCUT2D eigenvalue weighted by Crippen LogP contribution is -2.28. The third-order valence-corrected chi connectivity index (χ3v) is 8.27. The van der Waals surface area contributed by atoms with Crippen molar-refractivity contribution in [3.63, 3.8) is 0 Å². The number of aryl methyl sites for hydroxylation is 1. The highest BCUT2D eigenvalue weighted by Gasteiger charge is 2.62. The number of benzene rings is 1. The summed E-state index contributed by atoms with van der Waals surface area (Å²) in [6.45, 7) is 3.47. The predicted molar refractivity (Wildman–Crippen MR) is 130 cm³/mol. The van der Waals surface area contributed by atoms with E-state index in [2.05, 4.69) is 22.6 Å². The quantitative estimate of drug-likeness (QED) is 0.432. The molecule has 3 aliphatic carbocycles. The van der Waals surface area contributed by atoms with Crippen LogP contribution in [0.15, 0.2) is 53.5 Å². The Bertz CT molecular complexity index is 1360. The molecule has 0 radical (unpaired) electrons. The van der Waals surface area contributed by atoms with Crippen molar-refractivity contribution in [2.24, 2.45) is 30.2 Å². The number of fused-ring (bicyclic) bond motifs is 1. The Morgan fingerprint density at radius 2 is 2.09 bits per heavy atom. The van der Waals surface area contributed by atoms with E-state index in [1.807, 2.05) is 24.3 Å². The van der Waals surface area contributed by atoms with E-state index in [0.717, 1.165) is 29.1 Å². The molecule has 6 rings (SSSR count). The van der Waals surface area contributed by atoms with Crippen molar-refractivity contribution in [3.05, 3.63) is 70.3 Å². The lowest BCUT2D eigenvalue weighted by Gasteiger charge is -2.21. The molecule has 7 heteroatoms. The van der Waals surface area contributed by atoms with Gasteiger partial charge < -0.3 is 14.6 Å². The fraction of sp³-hybridized carbons (Fsp3) is 0.444. The van der Waals surface area contributed by atoms with E-state index >= 15 is 0 Å². The van der Waals surface area contributed by atoms with Gasteiger partial charge in [0.2, 0.25) is 0 Å². The van der Waals surface area contributed by atoms with Crippen molar-refractivity contribution in [2.45, 2.75) is 32.7 Å². The second-order valence-electron chi connectivity index (χ2n) is 9.96. The number of pyridine rings is 1. The van der Waals surface area contributed by atoms with Crippen molar-refractivity contribution < 1.29 is 9.53 Å². The molecule has 2 aromatic heterocycles. The van der Waals surface area contributed by atoms with Gasteiger partial charge in [0.25, 0.3) is 5.56 Å². The van der Waals surface area contributed by atoms with Gasteiger partial charge in [-0.1, -0.05) is 30.4 Å². The Morgan fingerprint density at radius 3 is 2.85 bits per heavy atom. The summed E-state index contributed by atoms with van der Waals surface area (Å²) in [5.74, 6) is 1.67. The van der Waals surface area contributed by atoms with E-state index in [0.29, 0.717) is 41.7 Å². The molecule has 34 heavy (non-hydrogen) atoms. The summed E-state index contributed by atoms with van der Waals surface area (Å²) >= 11 is 0. The molecule has 3 aliphatic rings. The summed E-state index contributed by atoms with van der Waals surface area (Å²) < 4.78 is 8.66. The maximum atomic E-state index is 12.7. The number of aromatic nitrogens is 3. The van der Waals surface area contributed by atoms with E-state index in [1.54, 1.807) is 35.5 Å². The summed E-state index contributed by atoms with van der Waals surface area (Å²) in [7, 11) is 1.76. The van der Waals surface area contributed by atoms with Gasteiger partial charge in [0.15, 0.2) is 0 Å². The first-order valence-corrected chi connectivity index (χ1v) is 12.3. The number of carbonyl (C=O) groups excluding carboxylic acids is 1. The summed E-state index contributed by atoms with van der Waals surface area (Å²) in [6, 6.07) is 9.34. The van der Waals surface area contributed by atoms with Crippen LogP contribution in [0.3, 0.4) is 0 Å². The first kappa shape index (κ1) is 21.4. The third-order valence-electron chi connectivity index (χ3n) is 8.27. The van der Waals surface area contributed by atoms with Crippen LogP contribution in [-0.4, -0.2) is 33.5 Å². The summed E-state index contributed by atoms with van der Waals surface area (Å²) in [6.07, 6.45) is 10.4. The normalized spacial score (nSPS) is 23.8. The average Bonchev–Trinajstić information content (AvgIpc) is 3.32. The molecule has 1 spiro atoms. The predicted octanol–water partition coefficient (Wildman–Crippen LogP) is 3.59. The number of allylic oxidation sites excluding steroid dienone is 2. The van der Waals surface area contributed by atoms with Gasteiger partial charge in [0.05, 0.1) is 29.7 Å². The van der Waals surface area contributed by atoms with Crippen molar-refractivity contribution >= 4 is 16.9 Å². The Balaban J connectivity index is 1.33. The highest BCUT2D eigenvalue weighted by Crippen LogP contribution is 2.69. The van der Waals surface area contributed by atoms with Crippen LogP contribution < -0.4 is 10.9 Å². The van der Waals surface area contributed by atoms with Gasteiger partial charge in [-0.05, 0) is 62.0 Å². The van der Waals surface area contributed by atoms with Crippen LogP contribution in [-0.2, 0) is 18.3 Å². The highest BCUT2D eigenvalue weighted by molar-refractivity contribution is 5.92. The van der Waals surface area contributed by atoms with Crippen LogP contribution in [0, 0.1) is 23.2 Å². The average molecular weight is 459 g/mol. The Hall–Kier alpha value is -3.19. The second-order valence-corrected chi connectivity index (χ2v) is 9.96. The molecular weight excluding hydrogens is 428 g/mol. The van der Waals surface area contributed by atoms with Gasteiger partial charge in [0, 0.05) is 25.0 Å². The maximum Gasteiger partial charge on any atom is 0.341 e. The van der Waals surface area contributed by atoms with E-state index in [4.69, 9.17) is 4.74 Å². The minimum Gasteiger partial charge on any atom is -0.462 e. The fourth-order valence-electron chi connectivity index (χ4n) is 6.43. The summed E-state index contributed by atoms with van der Waals surface area (Å²) in [4.78, 5) is 25.5. The zero-order chi connectivity index (χ0) is 23.4. The number of para-hydroxylation sites is 1. The molecule has 0 unspecified atom stereocenters. The van der Waals surface area contributed by atoms with E-state index in [-0.39, 0.29) is 5.56 Å². The van der Waals surface area contributed by atoms with Crippen LogP contribution in [0.25, 0.3) is 16.6 Å². The van der Waals surface area contributed by atoms with Crippen molar-refractivity contribution in [1.29, 1.82) is 0 Å². The molecule has 0 amide bonds. The monoisotopic (exact) mass is 458 g/mol. The molecule has 2 heterocycles. The van der Waals surface area contributed by atoms with Crippen LogP contribution in [0.4, 0.5) is 0 Å². The van der Waals surface area contributed by atoms with E-state index in [9.17, 15) is 9.59 Å². The number of esters is 1. The lowest BCUT2D eigenvalue weighted by atomic mass is 9.89. The molecule has 0 saturated heterocycles. The third kappa shape index (κ3) is 3.17. The first-order chi connectivity index (χ1) is 16.5. The van der Waals surface area contributed by atoms with Crippen molar-refractivity contribution in [3.8, 4) is 5.69 Å². The molecule has 1 aromatic carbocycles. The van der Waals surface area contributed by atoms with Crippen LogP contribution in [0.5, 0.6) is 0 Å². The molecule has 7 nitrogen and oxygen atoms in total. The lowest BCUT2D eigenvalue weighted by molar-refractivity contribution is 0.0525. The zero-order valence-corrected chi connectivity index (χ0v) is 19.7. The fourth-order valence-corrected chi connectivity index (χ4v) is 6.43. The molecule has 0 aliphatic heterocycles. The van der Waals surface area contributed by atoms with Crippen molar-refractivity contribution in [2.75, 3.05) is 13.2 Å². The molecule has 2 saturated carbocycles. The number of rotatable bonds is 7. The molecule has 2 bridgehead atoms. The van der Waals surface area contributed by atoms with E-state index in [1.165, 1.54) is 19.3 Å². The van der Waals surface area contributed by atoms with Gasteiger partial charge in [-0.25, -0.2) is 9.48 Å². The number of ether oxygens (including phenoxy) is 1. The van der Waals surface area contributed by atoms with Gasteiger partial charge in [-0.2, -0.15) is 5.10 Å². The molecule has 176 valence electrons. The van der Waals surface area contributed by atoms with Crippen molar-refractivity contribution in [1.82, 2.24) is 19.7 Å². The highest BCUT2D eigenvalue weighted by atomic mass is 16.5. The molecule has 3 aromatic rings. The van der Waals surface area contributed by atoms with Crippen LogP contribution in [0.1, 0.15) is 42.2 Å². The standard InChI is InChI=1S/C27H30N4O3/c1-3-34-26(33)20-15-29-31(23-13-25(32)30(2)22-7-5-4-6-19(22)23)24(20)16-28-14-17-12-18-8-9-21(17)27(18)10-11-27/h4-9,13,15,17-18,21,28H,3,10-12,14,16H2,1-2H3/t17-,18+,21+/m0/s1. The topological polar surface area (TPSA) is 78.2 Å². The second kappa shape index (κ2) is 7.94. The number of hydrogen-bond acceptors (Lipinski definition) is 5. The summed E-state index contributed by atoms with van der Waals surface area (Å²) in [5.41, 5.74) is 3.09. The van der Waals surface area contributed by atoms with E-state index < -0.39 is 5.97 Å². The molecule has 3 atom stereocenters. The zero-order valence-electron chi connectivity index (χ0n) is 19.7. The van der Waals surface area contributed by atoms with Crippen LogP contribution in [0.2, 0.25) is 0 Å². The number of nitrogens with zero attached hydrogens (tertiary/aromatic N) is 3. The smallest absolute Gasteiger partial charge is 0.341 e.